The van der Waals surface area contributed by atoms with Gasteiger partial charge in [0.15, 0.2) is 5.78 Å². The first-order valence-electron chi connectivity index (χ1n) is 5.80. The van der Waals surface area contributed by atoms with Gasteiger partial charge in [-0.15, -0.1) is 0 Å². The van der Waals surface area contributed by atoms with E-state index in [4.69, 9.17) is 5.53 Å². The van der Waals surface area contributed by atoms with Crippen LogP contribution in [0.3, 0.4) is 0 Å². The number of urea groups is 1. The fourth-order valence-corrected chi connectivity index (χ4v) is 1.36. The summed E-state index contributed by atoms with van der Waals surface area (Å²) in [6.45, 7) is 2.26. The van der Waals surface area contributed by atoms with Crippen molar-refractivity contribution in [2.75, 3.05) is 18.4 Å². The quantitative estimate of drug-likeness (QED) is 0.270. The molecule has 0 aliphatic heterocycles. The van der Waals surface area contributed by atoms with Crippen LogP contribution in [0.5, 0.6) is 0 Å². The van der Waals surface area contributed by atoms with E-state index in [1.165, 1.54) is 6.92 Å². The zero-order chi connectivity index (χ0) is 14.1. The number of azide groups is 1. The van der Waals surface area contributed by atoms with E-state index >= 15 is 0 Å². The summed E-state index contributed by atoms with van der Waals surface area (Å²) in [5.41, 5.74) is 9.27. The molecule has 0 saturated carbocycles. The van der Waals surface area contributed by atoms with Gasteiger partial charge in [-0.25, -0.2) is 4.79 Å². The summed E-state index contributed by atoms with van der Waals surface area (Å²) in [7, 11) is 0. The van der Waals surface area contributed by atoms with Crippen LogP contribution in [0.15, 0.2) is 29.4 Å². The second kappa shape index (κ2) is 7.73. The molecule has 0 spiro atoms. The van der Waals surface area contributed by atoms with Crippen molar-refractivity contribution in [2.45, 2.75) is 13.3 Å². The van der Waals surface area contributed by atoms with Crippen LogP contribution >= 0.6 is 0 Å². The topological polar surface area (TPSA) is 107 Å². The molecule has 0 unspecified atom stereocenters. The van der Waals surface area contributed by atoms with Gasteiger partial charge in [0.2, 0.25) is 0 Å². The lowest BCUT2D eigenvalue weighted by Gasteiger charge is -2.07. The van der Waals surface area contributed by atoms with Crippen molar-refractivity contribution in [2.24, 2.45) is 5.11 Å². The van der Waals surface area contributed by atoms with E-state index in [9.17, 15) is 9.59 Å². The number of benzene rings is 1. The predicted molar refractivity (Wildman–Crippen MR) is 72.1 cm³/mol. The summed E-state index contributed by atoms with van der Waals surface area (Å²) in [6, 6.07) is 6.29. The average Bonchev–Trinajstić information content (AvgIpc) is 2.39. The van der Waals surface area contributed by atoms with Gasteiger partial charge in [-0.05, 0) is 43.1 Å². The second-order valence-electron chi connectivity index (χ2n) is 3.82. The molecule has 0 fully saturated rings. The van der Waals surface area contributed by atoms with Crippen LogP contribution < -0.4 is 10.6 Å². The van der Waals surface area contributed by atoms with Crippen molar-refractivity contribution in [3.63, 3.8) is 0 Å². The maximum Gasteiger partial charge on any atom is 0.319 e. The highest BCUT2D eigenvalue weighted by Crippen LogP contribution is 2.09. The summed E-state index contributed by atoms with van der Waals surface area (Å²) >= 11 is 0. The van der Waals surface area contributed by atoms with Crippen molar-refractivity contribution in [1.82, 2.24) is 5.32 Å². The summed E-state index contributed by atoms with van der Waals surface area (Å²) < 4.78 is 0. The highest BCUT2D eigenvalue weighted by atomic mass is 16.2. The number of hydrogen-bond donors (Lipinski definition) is 2. The van der Waals surface area contributed by atoms with Gasteiger partial charge in [0, 0.05) is 29.3 Å². The molecule has 2 N–H and O–H groups in total. The van der Waals surface area contributed by atoms with Gasteiger partial charge in [-0.2, -0.15) is 0 Å². The van der Waals surface area contributed by atoms with Crippen molar-refractivity contribution >= 4 is 17.5 Å². The van der Waals surface area contributed by atoms with E-state index in [1.807, 2.05) is 0 Å². The summed E-state index contributed by atoms with van der Waals surface area (Å²) in [5.74, 6) is -0.0194. The Morgan fingerprint density at radius 1 is 1.32 bits per heavy atom. The lowest BCUT2D eigenvalue weighted by Crippen LogP contribution is -2.29. The number of Topliss-reactive ketones (excluding diaryl/α,β-unsaturated/α-hetero) is 1. The minimum Gasteiger partial charge on any atom is -0.338 e. The van der Waals surface area contributed by atoms with Gasteiger partial charge in [0.25, 0.3) is 0 Å². The molecule has 0 heterocycles. The van der Waals surface area contributed by atoms with Gasteiger partial charge in [0.05, 0.1) is 0 Å². The van der Waals surface area contributed by atoms with E-state index in [-0.39, 0.29) is 11.8 Å². The Balaban J connectivity index is 2.35. The van der Waals surface area contributed by atoms with Crippen molar-refractivity contribution in [1.29, 1.82) is 0 Å². The first-order valence-corrected chi connectivity index (χ1v) is 5.80. The zero-order valence-electron chi connectivity index (χ0n) is 10.6. The molecule has 2 amide bonds. The Morgan fingerprint density at radius 2 is 2.00 bits per heavy atom. The molecule has 19 heavy (non-hydrogen) atoms. The molecule has 0 saturated heterocycles. The number of anilines is 1. The highest BCUT2D eigenvalue weighted by molar-refractivity contribution is 5.95. The van der Waals surface area contributed by atoms with E-state index in [0.717, 1.165) is 0 Å². The van der Waals surface area contributed by atoms with E-state index < -0.39 is 0 Å². The third-order valence-electron chi connectivity index (χ3n) is 2.33. The van der Waals surface area contributed by atoms with E-state index in [2.05, 4.69) is 20.7 Å². The number of carbonyl (C=O) groups is 2. The van der Waals surface area contributed by atoms with Gasteiger partial charge < -0.3 is 10.6 Å². The first kappa shape index (κ1) is 14.5. The fourth-order valence-electron chi connectivity index (χ4n) is 1.36. The molecular formula is C12H15N5O2. The van der Waals surface area contributed by atoms with Crippen molar-refractivity contribution in [3.8, 4) is 0 Å². The number of carbonyl (C=O) groups excluding carboxylic acids is 2. The summed E-state index contributed by atoms with van der Waals surface area (Å²) in [6.07, 6.45) is 0.584. The molecule has 7 heteroatoms. The SMILES string of the molecule is CC(=O)c1ccc(NC(=O)NCCCN=[N+]=[N-])cc1. The van der Waals surface area contributed by atoms with Crippen LogP contribution in [0.25, 0.3) is 10.4 Å². The second-order valence-corrected chi connectivity index (χ2v) is 3.82. The lowest BCUT2D eigenvalue weighted by molar-refractivity contribution is 0.101. The van der Waals surface area contributed by atoms with Gasteiger partial charge >= 0.3 is 6.03 Å². The molecular weight excluding hydrogens is 246 g/mol. The molecule has 0 aliphatic rings. The molecule has 0 bridgehead atoms. The molecule has 1 aromatic carbocycles. The number of hydrogen-bond acceptors (Lipinski definition) is 3. The summed E-state index contributed by atoms with van der Waals surface area (Å²) in [4.78, 5) is 25.2. The largest absolute Gasteiger partial charge is 0.338 e. The smallest absolute Gasteiger partial charge is 0.319 e. The molecule has 0 radical (unpaired) electrons. The monoisotopic (exact) mass is 261 g/mol. The van der Waals surface area contributed by atoms with Crippen LogP contribution in [0.4, 0.5) is 10.5 Å². The maximum absolute atomic E-state index is 11.5. The van der Waals surface area contributed by atoms with Gasteiger partial charge in [0.1, 0.15) is 0 Å². The average molecular weight is 261 g/mol. The molecule has 7 nitrogen and oxygen atoms in total. The van der Waals surface area contributed by atoms with Crippen LogP contribution in [0.2, 0.25) is 0 Å². The van der Waals surface area contributed by atoms with Crippen LogP contribution in [-0.2, 0) is 0 Å². The minimum absolute atomic E-state index is 0.0194. The van der Waals surface area contributed by atoms with Crippen molar-refractivity contribution < 1.29 is 9.59 Å². The highest BCUT2D eigenvalue weighted by Gasteiger charge is 2.02. The molecule has 1 rings (SSSR count). The third-order valence-corrected chi connectivity index (χ3v) is 2.33. The Bertz CT molecular complexity index is 491. The minimum atomic E-state index is -0.337. The first-order chi connectivity index (χ1) is 9.13. The maximum atomic E-state index is 11.5. The number of nitrogens with one attached hydrogen (secondary N) is 2. The Labute approximate surface area is 110 Å². The fraction of sp³-hybridized carbons (Fsp3) is 0.333. The number of amides is 2. The Morgan fingerprint density at radius 3 is 2.58 bits per heavy atom. The Hall–Kier alpha value is -2.53. The van der Waals surface area contributed by atoms with Gasteiger partial charge in [-0.3, -0.25) is 4.79 Å². The predicted octanol–water partition coefficient (Wildman–Crippen LogP) is 2.71. The summed E-state index contributed by atoms with van der Waals surface area (Å²) in [5, 5.41) is 8.62. The lowest BCUT2D eigenvalue weighted by atomic mass is 10.1. The Kier molecular flexibility index (Phi) is 5.91. The van der Waals surface area contributed by atoms with E-state index in [0.29, 0.717) is 30.8 Å². The number of nitrogens with zero attached hydrogens (tertiary/aromatic N) is 3. The molecule has 0 aliphatic carbocycles. The molecule has 0 atom stereocenters. The number of ketones is 1. The van der Waals surface area contributed by atoms with E-state index in [1.54, 1.807) is 24.3 Å². The zero-order valence-corrected chi connectivity index (χ0v) is 10.6. The normalized spacial score (nSPS) is 9.32. The molecule has 100 valence electrons. The van der Waals surface area contributed by atoms with Gasteiger partial charge in [-0.1, -0.05) is 5.11 Å². The van der Waals surface area contributed by atoms with Crippen LogP contribution in [-0.4, -0.2) is 24.9 Å². The van der Waals surface area contributed by atoms with Crippen LogP contribution in [0.1, 0.15) is 23.7 Å². The molecule has 0 aromatic heterocycles. The third kappa shape index (κ3) is 5.56. The number of rotatable bonds is 6. The standard InChI is InChI=1S/C12H15N5O2/c1-9(18)10-3-5-11(6-4-10)16-12(19)14-7-2-8-15-17-13/h3-6H,2,7-8H2,1H3,(H2,14,16,19). The van der Waals surface area contributed by atoms with Crippen molar-refractivity contribution in [3.05, 3.63) is 40.3 Å². The molecule has 1 aromatic rings. The van der Waals surface area contributed by atoms with Crippen LogP contribution in [0, 0.1) is 0 Å².